The number of carbonyl (C=O) groups excluding carboxylic acids is 1. The van der Waals surface area contributed by atoms with E-state index < -0.39 is 0 Å². The zero-order valence-corrected chi connectivity index (χ0v) is 24.0. The van der Waals surface area contributed by atoms with E-state index in [2.05, 4.69) is 66.4 Å². The molecule has 1 atom stereocenters. The number of likely N-dealkylation sites (tertiary alicyclic amines) is 1. The number of nitrogens with zero attached hydrogens (tertiary/aromatic N) is 6. The molecule has 9 heteroatoms. The average molecular weight is 539 g/mol. The minimum absolute atomic E-state index is 0. The van der Waals surface area contributed by atoms with Crippen LogP contribution in [0.25, 0.3) is 0 Å². The maximum atomic E-state index is 12.1. The predicted molar refractivity (Wildman–Crippen MR) is 158 cm³/mol. The van der Waals surface area contributed by atoms with E-state index in [1.807, 2.05) is 4.90 Å². The number of benzene rings is 1. The van der Waals surface area contributed by atoms with E-state index in [1.165, 1.54) is 29.3 Å². The fourth-order valence-electron chi connectivity index (χ4n) is 5.81. The Hall–Kier alpha value is -2.78. The van der Waals surface area contributed by atoms with Gasteiger partial charge in [-0.2, -0.15) is 23.5 Å². The molecule has 5 rings (SSSR count). The molecule has 1 amide bonds. The van der Waals surface area contributed by atoms with Crippen molar-refractivity contribution in [3.63, 3.8) is 0 Å². The van der Waals surface area contributed by atoms with Crippen molar-refractivity contribution < 1.29 is 9.53 Å². The van der Waals surface area contributed by atoms with Crippen LogP contribution in [-0.2, 0) is 17.8 Å². The molecule has 2 aromatic rings. The van der Waals surface area contributed by atoms with Gasteiger partial charge in [0.05, 0.1) is 12.2 Å². The van der Waals surface area contributed by atoms with Crippen molar-refractivity contribution in [2.45, 2.75) is 51.6 Å². The molecule has 1 aromatic carbocycles. The third kappa shape index (κ3) is 5.94. The van der Waals surface area contributed by atoms with Gasteiger partial charge in [0.2, 0.25) is 5.91 Å². The van der Waals surface area contributed by atoms with E-state index in [-0.39, 0.29) is 19.4 Å². The van der Waals surface area contributed by atoms with Crippen LogP contribution in [0.4, 0.5) is 11.5 Å². The maximum Gasteiger partial charge on any atom is 0.318 e. The number of hydrogen-bond donors (Lipinski definition) is 0. The van der Waals surface area contributed by atoms with Gasteiger partial charge in [-0.25, -0.2) is 0 Å². The van der Waals surface area contributed by atoms with Crippen LogP contribution in [0.1, 0.15) is 49.4 Å². The van der Waals surface area contributed by atoms with Gasteiger partial charge in [-0.15, -0.1) is 0 Å². The molecule has 0 unspecified atom stereocenters. The molecule has 0 aliphatic carbocycles. The van der Waals surface area contributed by atoms with Gasteiger partial charge in [0, 0.05) is 50.0 Å². The topological polar surface area (TPSA) is 65.0 Å². The fourth-order valence-corrected chi connectivity index (χ4v) is 5.81. The Morgan fingerprint density at radius 3 is 2.55 bits per heavy atom. The lowest BCUT2D eigenvalue weighted by Gasteiger charge is -2.38. The van der Waals surface area contributed by atoms with Gasteiger partial charge in [0.15, 0.2) is 0 Å². The monoisotopic (exact) mass is 538 g/mol. The first-order valence-corrected chi connectivity index (χ1v) is 13.7. The van der Waals surface area contributed by atoms with Crippen molar-refractivity contribution in [1.82, 2.24) is 19.8 Å². The quantitative estimate of drug-likeness (QED) is 0.499. The number of aromatic nitrogens is 2. The zero-order chi connectivity index (χ0) is 25.9. The number of fused-ring (bicyclic) bond motifs is 1. The Balaban J connectivity index is 0.00000336. The molecule has 0 saturated carbocycles. The lowest BCUT2D eigenvalue weighted by Crippen LogP contribution is -2.49. The fraction of sp³-hybridized carbons (Fsp3) is 0.552. The van der Waals surface area contributed by atoms with Crippen LogP contribution < -0.4 is 14.5 Å². The molecule has 0 spiro atoms. The second-order valence-electron chi connectivity index (χ2n) is 10.7. The van der Waals surface area contributed by atoms with Crippen LogP contribution in [0, 0.1) is 0 Å². The van der Waals surface area contributed by atoms with E-state index in [4.69, 9.17) is 14.7 Å². The van der Waals surface area contributed by atoms with Gasteiger partial charge in [-0.1, -0.05) is 38.6 Å². The molecule has 2 saturated heterocycles. The van der Waals surface area contributed by atoms with E-state index in [0.29, 0.717) is 37.7 Å². The molecule has 206 valence electrons. The number of hydrogen-bond acceptors (Lipinski definition) is 7. The highest BCUT2D eigenvalue weighted by Gasteiger charge is 2.30. The van der Waals surface area contributed by atoms with Crippen molar-refractivity contribution in [2.75, 3.05) is 62.7 Å². The molecule has 8 nitrogen and oxygen atoms in total. The zero-order valence-electron chi connectivity index (χ0n) is 23.0. The average Bonchev–Trinajstić information content (AvgIpc) is 3.35. The summed E-state index contributed by atoms with van der Waals surface area (Å²) in [6, 6.07) is 9.59. The van der Waals surface area contributed by atoms with Gasteiger partial charge in [0.25, 0.3) is 0 Å². The minimum Gasteiger partial charge on any atom is -0.462 e. The van der Waals surface area contributed by atoms with Gasteiger partial charge in [-0.3, -0.25) is 4.79 Å². The van der Waals surface area contributed by atoms with Crippen LogP contribution >= 0.6 is 13.5 Å². The summed E-state index contributed by atoms with van der Waals surface area (Å²) in [5.41, 5.74) is 4.92. The Morgan fingerprint density at radius 2 is 1.87 bits per heavy atom. The van der Waals surface area contributed by atoms with Crippen molar-refractivity contribution in [1.29, 1.82) is 0 Å². The molecule has 3 aliphatic rings. The van der Waals surface area contributed by atoms with E-state index in [0.717, 1.165) is 57.1 Å². The Morgan fingerprint density at radius 1 is 1.11 bits per heavy atom. The van der Waals surface area contributed by atoms with Crippen molar-refractivity contribution in [3.8, 4) is 6.01 Å². The summed E-state index contributed by atoms with van der Waals surface area (Å²) < 4.78 is 6.25. The summed E-state index contributed by atoms with van der Waals surface area (Å²) in [4.78, 5) is 31.0. The van der Waals surface area contributed by atoms with Crippen LogP contribution in [0.3, 0.4) is 0 Å². The summed E-state index contributed by atoms with van der Waals surface area (Å²) in [5, 5.41) is 0. The lowest BCUT2D eigenvalue weighted by molar-refractivity contribution is -0.126. The first-order valence-electron chi connectivity index (χ1n) is 13.7. The lowest BCUT2D eigenvalue weighted by atomic mass is 9.98. The molecule has 0 bridgehead atoms. The summed E-state index contributed by atoms with van der Waals surface area (Å²) in [7, 11) is 2.16. The Bertz CT molecular complexity index is 1130. The molecular weight excluding hydrogens is 496 g/mol. The number of anilines is 2. The predicted octanol–water partition coefficient (Wildman–Crippen LogP) is 3.58. The highest BCUT2D eigenvalue weighted by molar-refractivity contribution is 7.59. The number of rotatable bonds is 7. The SMILES string of the molecule is C=CC(=O)N1CCN(c2nc(OC[C@@H]3CCCN3C)nc3c2CCN(c2ccccc2C(C)C)C3)CC1.S. The number of carbonyl (C=O) groups is 1. The van der Waals surface area contributed by atoms with Gasteiger partial charge in [-0.05, 0) is 56.5 Å². The van der Waals surface area contributed by atoms with Crippen LogP contribution in [0.5, 0.6) is 6.01 Å². The van der Waals surface area contributed by atoms with E-state index in [9.17, 15) is 4.79 Å². The molecule has 1 aromatic heterocycles. The number of piperazine rings is 1. The largest absolute Gasteiger partial charge is 0.462 e. The van der Waals surface area contributed by atoms with Crippen molar-refractivity contribution in [3.05, 3.63) is 53.7 Å². The van der Waals surface area contributed by atoms with Crippen molar-refractivity contribution >= 4 is 30.9 Å². The van der Waals surface area contributed by atoms with E-state index in [1.54, 1.807) is 0 Å². The highest BCUT2D eigenvalue weighted by Crippen LogP contribution is 2.34. The number of para-hydroxylation sites is 1. The molecule has 0 radical (unpaired) electrons. The van der Waals surface area contributed by atoms with Crippen LogP contribution in [0.15, 0.2) is 36.9 Å². The summed E-state index contributed by atoms with van der Waals surface area (Å²) in [6.45, 7) is 14.3. The Kier molecular flexibility index (Phi) is 9.20. The smallest absolute Gasteiger partial charge is 0.318 e. The molecule has 0 N–H and O–H groups in total. The van der Waals surface area contributed by atoms with Crippen LogP contribution in [-0.4, -0.2) is 84.6 Å². The first kappa shape index (κ1) is 28.2. The normalized spacial score (nSPS) is 19.8. The minimum atomic E-state index is -0.00599. The molecule has 2 fully saturated rings. The second kappa shape index (κ2) is 12.4. The first-order chi connectivity index (χ1) is 17.9. The third-order valence-electron chi connectivity index (χ3n) is 8.06. The van der Waals surface area contributed by atoms with Crippen molar-refractivity contribution in [2.24, 2.45) is 0 Å². The summed E-state index contributed by atoms with van der Waals surface area (Å²) in [5.74, 6) is 1.42. The third-order valence-corrected chi connectivity index (χ3v) is 8.06. The molecule has 38 heavy (non-hydrogen) atoms. The Labute approximate surface area is 234 Å². The molecular formula is C29H42N6O2S. The molecule has 3 aliphatic heterocycles. The molecule has 4 heterocycles. The summed E-state index contributed by atoms with van der Waals surface area (Å²) in [6.07, 6.45) is 4.64. The number of ether oxygens (including phenoxy) is 1. The van der Waals surface area contributed by atoms with E-state index >= 15 is 0 Å². The van der Waals surface area contributed by atoms with Gasteiger partial charge < -0.3 is 24.3 Å². The van der Waals surface area contributed by atoms with Gasteiger partial charge >= 0.3 is 6.01 Å². The number of amides is 1. The maximum absolute atomic E-state index is 12.1. The highest BCUT2D eigenvalue weighted by atomic mass is 32.1. The number of likely N-dealkylation sites (N-methyl/N-ethyl adjacent to an activating group) is 1. The summed E-state index contributed by atoms with van der Waals surface area (Å²) >= 11 is 0. The van der Waals surface area contributed by atoms with Crippen LogP contribution in [0.2, 0.25) is 0 Å². The second-order valence-corrected chi connectivity index (χ2v) is 10.7. The standard InChI is InChI=1S/C29H40N6O2.H2S/c1-5-27(36)33-15-17-34(18-16-33)28-24-12-14-35(26-11-7-6-10-23(26)21(2)3)19-25(24)30-29(31-28)37-20-22-9-8-13-32(22)4;/h5-7,10-11,21-22H,1,8-9,12-20H2,2-4H3;1H2/t22-;/m0./s1. The van der Waals surface area contributed by atoms with Gasteiger partial charge in [0.1, 0.15) is 12.4 Å².